The number of ether oxygens (including phenoxy) is 1. The minimum atomic E-state index is -0.250. The molecular weight excluding hydrogens is 327 g/mol. The van der Waals surface area contributed by atoms with Crippen molar-refractivity contribution in [2.24, 2.45) is 5.92 Å². The Bertz CT molecular complexity index is 567. The third kappa shape index (κ3) is 5.79. The van der Waals surface area contributed by atoms with E-state index in [4.69, 9.17) is 14.6 Å². The highest BCUT2D eigenvalue weighted by molar-refractivity contribution is 5.76. The second-order valence-corrected chi connectivity index (χ2v) is 6.53. The standard InChI is InChI=1S/C17H23FN2O2.CH2O2/c1-19-8-14-9-20(10-16(19)12-22-11-14)17(21)7-4-13-2-5-15(18)6-3-13;2-1-3/h2-3,5-6,14,16H,4,7-12H2,1H3;1H,(H,2,3)/t14-,16+;/m1./s1. The monoisotopic (exact) mass is 352 g/mol. The van der Waals surface area contributed by atoms with Crippen molar-refractivity contribution in [3.05, 3.63) is 35.6 Å². The van der Waals surface area contributed by atoms with Gasteiger partial charge in [-0.3, -0.25) is 14.5 Å². The average Bonchev–Trinajstić information content (AvgIpc) is 2.83. The summed E-state index contributed by atoms with van der Waals surface area (Å²) in [5, 5.41) is 6.89. The Morgan fingerprint density at radius 3 is 2.64 bits per heavy atom. The maximum atomic E-state index is 12.9. The molecule has 0 saturated carbocycles. The maximum absolute atomic E-state index is 12.9. The molecule has 3 rings (SSSR count). The summed E-state index contributed by atoms with van der Waals surface area (Å²) in [6.45, 7) is 3.71. The molecule has 2 fully saturated rings. The molecule has 1 aromatic rings. The van der Waals surface area contributed by atoms with E-state index in [0.717, 1.165) is 31.8 Å². The van der Waals surface area contributed by atoms with Gasteiger partial charge in [-0.1, -0.05) is 12.1 Å². The number of fused-ring (bicyclic) bond motifs is 3. The molecular formula is C18H25FN2O4. The Morgan fingerprint density at radius 2 is 1.96 bits per heavy atom. The van der Waals surface area contributed by atoms with Gasteiger partial charge in [0.05, 0.1) is 19.3 Å². The van der Waals surface area contributed by atoms with Crippen LogP contribution in [0.1, 0.15) is 12.0 Å². The van der Waals surface area contributed by atoms with Gasteiger partial charge in [0, 0.05) is 32.0 Å². The molecule has 1 N–H and O–H groups in total. The van der Waals surface area contributed by atoms with E-state index in [2.05, 4.69) is 11.9 Å². The van der Waals surface area contributed by atoms with Crippen LogP contribution in [0.3, 0.4) is 0 Å². The van der Waals surface area contributed by atoms with Crippen LogP contribution in [0, 0.1) is 11.7 Å². The van der Waals surface area contributed by atoms with E-state index in [0.29, 0.717) is 31.4 Å². The van der Waals surface area contributed by atoms with E-state index in [1.807, 2.05) is 4.90 Å². The highest BCUT2D eigenvalue weighted by atomic mass is 19.1. The van der Waals surface area contributed by atoms with E-state index in [1.165, 1.54) is 12.1 Å². The van der Waals surface area contributed by atoms with Crippen LogP contribution in [0.2, 0.25) is 0 Å². The molecule has 2 aliphatic rings. The predicted molar refractivity (Wildman–Crippen MR) is 90.7 cm³/mol. The first kappa shape index (κ1) is 19.3. The molecule has 2 saturated heterocycles. The topological polar surface area (TPSA) is 70.1 Å². The molecule has 0 unspecified atom stereocenters. The Hall–Kier alpha value is -1.99. The number of benzene rings is 1. The van der Waals surface area contributed by atoms with Crippen LogP contribution >= 0.6 is 0 Å². The molecule has 2 atom stereocenters. The number of likely N-dealkylation sites (N-methyl/N-ethyl adjacent to an activating group) is 1. The largest absolute Gasteiger partial charge is 0.483 e. The molecule has 0 spiro atoms. The van der Waals surface area contributed by atoms with Crippen molar-refractivity contribution < 1.29 is 23.8 Å². The number of halogens is 1. The van der Waals surface area contributed by atoms with Gasteiger partial charge < -0.3 is 14.7 Å². The van der Waals surface area contributed by atoms with Gasteiger partial charge in [0.1, 0.15) is 5.82 Å². The van der Waals surface area contributed by atoms with Crippen molar-refractivity contribution in [3.63, 3.8) is 0 Å². The number of hydrogen-bond acceptors (Lipinski definition) is 4. The maximum Gasteiger partial charge on any atom is 0.290 e. The van der Waals surface area contributed by atoms with Crippen LogP contribution < -0.4 is 0 Å². The molecule has 2 bridgehead atoms. The SMILES string of the molecule is CN1C[C@H]2COC[C@@H]1CN(C(=O)CCc1ccc(F)cc1)C2.O=CO. The Balaban J connectivity index is 0.000000701. The van der Waals surface area contributed by atoms with Crippen molar-refractivity contribution in [1.82, 2.24) is 9.80 Å². The quantitative estimate of drug-likeness (QED) is 0.829. The molecule has 0 radical (unpaired) electrons. The van der Waals surface area contributed by atoms with Crippen molar-refractivity contribution in [2.75, 3.05) is 39.9 Å². The highest BCUT2D eigenvalue weighted by Crippen LogP contribution is 2.19. The van der Waals surface area contributed by atoms with Crippen LogP contribution in [0.5, 0.6) is 0 Å². The highest BCUT2D eigenvalue weighted by Gasteiger charge is 2.32. The van der Waals surface area contributed by atoms with Crippen molar-refractivity contribution in [2.45, 2.75) is 18.9 Å². The molecule has 6 nitrogen and oxygen atoms in total. The van der Waals surface area contributed by atoms with Crippen LogP contribution in [0.25, 0.3) is 0 Å². The molecule has 1 amide bonds. The summed E-state index contributed by atoms with van der Waals surface area (Å²) in [6, 6.07) is 6.69. The van der Waals surface area contributed by atoms with Gasteiger partial charge in [0.2, 0.25) is 5.91 Å². The number of rotatable bonds is 3. The second kappa shape index (κ2) is 9.48. The number of hydrogen-bond donors (Lipinski definition) is 1. The van der Waals surface area contributed by atoms with Gasteiger partial charge in [-0.15, -0.1) is 0 Å². The minimum Gasteiger partial charge on any atom is -0.483 e. The summed E-state index contributed by atoms with van der Waals surface area (Å²) in [5.41, 5.74) is 1.00. The molecule has 0 aliphatic carbocycles. The van der Waals surface area contributed by atoms with Gasteiger partial charge in [0.25, 0.3) is 6.47 Å². The third-order valence-corrected chi connectivity index (χ3v) is 4.64. The van der Waals surface area contributed by atoms with Crippen LogP contribution in [0.4, 0.5) is 4.39 Å². The lowest BCUT2D eigenvalue weighted by atomic mass is 10.1. The van der Waals surface area contributed by atoms with Crippen molar-refractivity contribution in [3.8, 4) is 0 Å². The number of carbonyl (C=O) groups is 2. The summed E-state index contributed by atoms with van der Waals surface area (Å²) >= 11 is 0. The zero-order valence-corrected chi connectivity index (χ0v) is 14.4. The molecule has 7 heteroatoms. The first-order valence-electron chi connectivity index (χ1n) is 8.41. The van der Waals surface area contributed by atoms with Crippen molar-refractivity contribution >= 4 is 12.4 Å². The summed E-state index contributed by atoms with van der Waals surface area (Å²) in [5.74, 6) is 0.349. The zero-order chi connectivity index (χ0) is 18.2. The van der Waals surface area contributed by atoms with Gasteiger partial charge >= 0.3 is 0 Å². The van der Waals surface area contributed by atoms with Gasteiger partial charge in [-0.25, -0.2) is 4.39 Å². The minimum absolute atomic E-state index is 0.191. The van der Waals surface area contributed by atoms with Gasteiger partial charge in [-0.2, -0.15) is 0 Å². The Morgan fingerprint density at radius 1 is 1.28 bits per heavy atom. The Labute approximate surface area is 147 Å². The zero-order valence-electron chi connectivity index (χ0n) is 14.4. The third-order valence-electron chi connectivity index (χ3n) is 4.64. The van der Waals surface area contributed by atoms with Crippen LogP contribution in [0.15, 0.2) is 24.3 Å². The lowest BCUT2D eigenvalue weighted by Crippen LogP contribution is -2.44. The number of carbonyl (C=O) groups excluding carboxylic acids is 1. The van der Waals surface area contributed by atoms with E-state index < -0.39 is 0 Å². The lowest BCUT2D eigenvalue weighted by molar-refractivity contribution is -0.133. The van der Waals surface area contributed by atoms with Gasteiger partial charge in [-0.05, 0) is 31.2 Å². The fraction of sp³-hybridized carbons (Fsp3) is 0.556. The molecule has 0 aromatic heterocycles. The number of nitrogens with zero attached hydrogens (tertiary/aromatic N) is 2. The number of carboxylic acid groups (broad SMARTS) is 1. The van der Waals surface area contributed by atoms with E-state index in [9.17, 15) is 9.18 Å². The van der Waals surface area contributed by atoms with E-state index in [1.54, 1.807) is 12.1 Å². The van der Waals surface area contributed by atoms with Crippen molar-refractivity contribution in [1.29, 1.82) is 0 Å². The summed E-state index contributed by atoms with van der Waals surface area (Å²) in [6.07, 6.45) is 1.15. The summed E-state index contributed by atoms with van der Waals surface area (Å²) < 4.78 is 18.6. The first-order chi connectivity index (χ1) is 12.0. The lowest BCUT2D eigenvalue weighted by Gasteiger charge is -2.29. The number of amides is 1. The molecule has 2 heterocycles. The van der Waals surface area contributed by atoms with E-state index in [-0.39, 0.29) is 18.2 Å². The molecule has 2 aliphatic heterocycles. The molecule has 138 valence electrons. The normalized spacial score (nSPS) is 23.2. The predicted octanol–water partition coefficient (Wildman–Crippen LogP) is 1.25. The van der Waals surface area contributed by atoms with Crippen LogP contribution in [-0.4, -0.2) is 73.2 Å². The van der Waals surface area contributed by atoms with Gasteiger partial charge in [0.15, 0.2) is 0 Å². The summed E-state index contributed by atoms with van der Waals surface area (Å²) in [4.78, 5) is 25.2. The molecule has 25 heavy (non-hydrogen) atoms. The molecule has 1 aromatic carbocycles. The second-order valence-electron chi connectivity index (χ2n) is 6.53. The fourth-order valence-electron chi connectivity index (χ4n) is 3.31. The Kier molecular flexibility index (Phi) is 7.33. The fourth-order valence-corrected chi connectivity index (χ4v) is 3.31. The smallest absolute Gasteiger partial charge is 0.290 e. The number of aryl methyl sites for hydroxylation is 1. The van der Waals surface area contributed by atoms with E-state index >= 15 is 0 Å². The first-order valence-corrected chi connectivity index (χ1v) is 8.41. The van der Waals surface area contributed by atoms with Crippen LogP contribution in [-0.2, 0) is 20.7 Å². The summed E-state index contributed by atoms with van der Waals surface area (Å²) in [7, 11) is 2.11. The average molecular weight is 352 g/mol.